The summed E-state index contributed by atoms with van der Waals surface area (Å²) in [6.07, 6.45) is 1.71. The summed E-state index contributed by atoms with van der Waals surface area (Å²) in [6, 6.07) is 1.31. The zero-order valence-electron chi connectivity index (χ0n) is 17.4. The number of aromatic carboxylic acids is 1. The number of fused-ring (bicyclic) bond motifs is 2. The number of aromatic nitrogens is 2. The first kappa shape index (κ1) is 22.5. The van der Waals surface area contributed by atoms with Crippen LogP contribution in [-0.4, -0.2) is 44.9 Å². The van der Waals surface area contributed by atoms with E-state index in [9.17, 15) is 28.6 Å². The maximum atomic E-state index is 15.3. The van der Waals surface area contributed by atoms with E-state index in [2.05, 4.69) is 4.98 Å². The van der Waals surface area contributed by atoms with Crippen molar-refractivity contribution in [2.45, 2.75) is 18.9 Å². The van der Waals surface area contributed by atoms with Gasteiger partial charge < -0.3 is 20.8 Å². The lowest BCUT2D eigenvalue weighted by molar-refractivity contribution is 0.0695. The molecule has 2 fully saturated rings. The fourth-order valence-electron chi connectivity index (χ4n) is 5.07. The van der Waals surface area contributed by atoms with Crippen LogP contribution in [0.15, 0.2) is 23.1 Å². The minimum atomic E-state index is -1.64. The number of nitrogens with zero attached hydrogens (tertiary/aromatic N) is 3. The summed E-state index contributed by atoms with van der Waals surface area (Å²) in [5.41, 5.74) is 3.39. The lowest BCUT2D eigenvalue weighted by Crippen LogP contribution is -2.26. The van der Waals surface area contributed by atoms with Crippen LogP contribution in [0.3, 0.4) is 0 Å². The van der Waals surface area contributed by atoms with Gasteiger partial charge in [-0.2, -0.15) is 0 Å². The Hall–Kier alpha value is -3.31. The van der Waals surface area contributed by atoms with E-state index in [0.29, 0.717) is 25.6 Å². The van der Waals surface area contributed by atoms with Crippen molar-refractivity contribution >= 4 is 40.0 Å². The smallest absolute Gasteiger partial charge is 0.341 e. The van der Waals surface area contributed by atoms with Gasteiger partial charge in [0.15, 0.2) is 23.3 Å². The number of benzene rings is 1. The maximum Gasteiger partial charge on any atom is 0.341 e. The third kappa shape index (κ3) is 3.30. The summed E-state index contributed by atoms with van der Waals surface area (Å²) in [5, 5.41) is 19.0. The van der Waals surface area contributed by atoms with Crippen molar-refractivity contribution in [2.75, 3.05) is 23.7 Å². The number of aliphatic hydroxyl groups is 1. The maximum absolute atomic E-state index is 15.3. The van der Waals surface area contributed by atoms with E-state index in [1.54, 1.807) is 4.90 Å². The second-order valence-electron chi connectivity index (χ2n) is 8.60. The molecule has 0 radical (unpaired) electrons. The molecule has 0 amide bonds. The molecule has 8 nitrogen and oxygen atoms in total. The van der Waals surface area contributed by atoms with E-state index in [0.717, 1.165) is 23.3 Å². The predicted molar refractivity (Wildman–Crippen MR) is 118 cm³/mol. The van der Waals surface area contributed by atoms with E-state index in [-0.39, 0.29) is 28.1 Å². The standard InChI is InChI=1S/C22H18ClF3N4O4/c23-16-17-9(3-12(24)18(16)29-5-8-1-2-15(31)10(8)6-29)19(32)11(22(33)34)7-30(17)21-14(26)4-13(25)20(27)28-21/h3-4,7-8,10,15,31H,1-2,5-6H2,(H2,27,28)(H,33,34)/t8-,10+,15+/m0/s1. The zero-order valence-corrected chi connectivity index (χ0v) is 18.2. The van der Waals surface area contributed by atoms with Crippen LogP contribution < -0.4 is 16.1 Å². The van der Waals surface area contributed by atoms with Gasteiger partial charge in [0.05, 0.1) is 27.7 Å². The van der Waals surface area contributed by atoms with Crippen molar-refractivity contribution in [3.63, 3.8) is 0 Å². The SMILES string of the molecule is Nc1nc(-n2cc(C(=O)O)c(=O)c3cc(F)c(N4C[C@@H]5CC[C@@H](O)[C@@H]5C4)c(Cl)c32)c(F)cc1F. The van der Waals surface area contributed by atoms with Gasteiger partial charge in [-0.3, -0.25) is 9.36 Å². The van der Waals surface area contributed by atoms with E-state index >= 15 is 4.39 Å². The molecule has 0 bridgehead atoms. The van der Waals surface area contributed by atoms with Crippen LogP contribution in [0, 0.1) is 29.3 Å². The Bertz CT molecular complexity index is 1430. The molecule has 3 heterocycles. The van der Waals surface area contributed by atoms with Crippen LogP contribution >= 0.6 is 11.6 Å². The summed E-state index contributed by atoms with van der Waals surface area (Å²) in [4.78, 5) is 29.8. The van der Waals surface area contributed by atoms with Gasteiger partial charge in [0.1, 0.15) is 11.4 Å². The summed E-state index contributed by atoms with van der Waals surface area (Å²) in [7, 11) is 0. The Kier molecular flexibility index (Phi) is 5.21. The second kappa shape index (κ2) is 7.88. The quantitative estimate of drug-likeness (QED) is 0.511. The largest absolute Gasteiger partial charge is 0.477 e. The molecule has 0 spiro atoms. The molecular weight excluding hydrogens is 477 g/mol. The molecule has 1 aliphatic carbocycles. The van der Waals surface area contributed by atoms with Gasteiger partial charge in [0.25, 0.3) is 0 Å². The number of carboxylic acid groups (broad SMARTS) is 1. The van der Waals surface area contributed by atoms with Crippen molar-refractivity contribution < 1.29 is 28.2 Å². The molecule has 178 valence electrons. The highest BCUT2D eigenvalue weighted by atomic mass is 35.5. The number of anilines is 2. The highest BCUT2D eigenvalue weighted by Crippen LogP contribution is 2.44. The lowest BCUT2D eigenvalue weighted by atomic mass is 10.00. The third-order valence-corrected chi connectivity index (χ3v) is 7.05. The van der Waals surface area contributed by atoms with Gasteiger partial charge in [-0.1, -0.05) is 11.6 Å². The molecule has 5 rings (SSSR count). The fourth-order valence-corrected chi connectivity index (χ4v) is 5.48. The van der Waals surface area contributed by atoms with Crippen molar-refractivity contribution in [3.8, 4) is 5.82 Å². The van der Waals surface area contributed by atoms with Gasteiger partial charge in [-0.25, -0.2) is 22.9 Å². The normalized spacial score (nSPS) is 21.9. The van der Waals surface area contributed by atoms with E-state index in [4.69, 9.17) is 17.3 Å². The number of carboxylic acids is 1. The van der Waals surface area contributed by atoms with Crippen LogP contribution in [0.1, 0.15) is 23.2 Å². The van der Waals surface area contributed by atoms with E-state index < -0.39 is 57.5 Å². The minimum absolute atomic E-state index is 0.0671. The van der Waals surface area contributed by atoms with Gasteiger partial charge in [-0.15, -0.1) is 0 Å². The van der Waals surface area contributed by atoms with Crippen LogP contribution in [0.4, 0.5) is 24.7 Å². The number of pyridine rings is 2. The fraction of sp³-hybridized carbons (Fsp3) is 0.318. The first-order chi connectivity index (χ1) is 16.1. The van der Waals surface area contributed by atoms with E-state index in [1.165, 1.54) is 0 Å². The highest BCUT2D eigenvalue weighted by molar-refractivity contribution is 6.38. The predicted octanol–water partition coefficient (Wildman–Crippen LogP) is 2.94. The molecule has 1 aromatic carbocycles. The molecule has 1 saturated heterocycles. The van der Waals surface area contributed by atoms with Crippen LogP contribution in [0.2, 0.25) is 5.02 Å². The number of halogens is 4. The Balaban J connectivity index is 1.80. The first-order valence-electron chi connectivity index (χ1n) is 10.4. The Morgan fingerprint density at radius 2 is 1.88 bits per heavy atom. The number of nitrogens with two attached hydrogens (primary N) is 1. The minimum Gasteiger partial charge on any atom is -0.477 e. The molecule has 2 aromatic heterocycles. The molecule has 1 aliphatic heterocycles. The molecule has 34 heavy (non-hydrogen) atoms. The summed E-state index contributed by atoms with van der Waals surface area (Å²) >= 11 is 6.60. The molecular formula is C22H18ClF3N4O4. The molecule has 12 heteroatoms. The summed E-state index contributed by atoms with van der Waals surface area (Å²) in [6.45, 7) is 0.735. The lowest BCUT2D eigenvalue weighted by Gasteiger charge is -2.24. The number of carbonyl (C=O) groups is 1. The topological polar surface area (TPSA) is 122 Å². The van der Waals surface area contributed by atoms with Crippen LogP contribution in [0.5, 0.6) is 0 Å². The zero-order chi connectivity index (χ0) is 24.5. The Morgan fingerprint density at radius 3 is 2.56 bits per heavy atom. The number of aliphatic hydroxyl groups excluding tert-OH is 1. The number of hydrogen-bond donors (Lipinski definition) is 3. The third-order valence-electron chi connectivity index (χ3n) is 6.69. The number of hydrogen-bond acceptors (Lipinski definition) is 6. The molecule has 3 atom stereocenters. The van der Waals surface area contributed by atoms with Crippen LogP contribution in [-0.2, 0) is 0 Å². The van der Waals surface area contributed by atoms with E-state index in [1.807, 2.05) is 0 Å². The number of rotatable bonds is 3. The van der Waals surface area contributed by atoms with Gasteiger partial charge in [0.2, 0.25) is 5.43 Å². The average molecular weight is 495 g/mol. The average Bonchev–Trinajstić information content (AvgIpc) is 3.33. The highest BCUT2D eigenvalue weighted by Gasteiger charge is 2.43. The molecule has 4 N–H and O–H groups in total. The van der Waals surface area contributed by atoms with Crippen molar-refractivity contribution in [1.82, 2.24) is 9.55 Å². The van der Waals surface area contributed by atoms with Crippen molar-refractivity contribution in [3.05, 3.63) is 56.6 Å². The summed E-state index contributed by atoms with van der Waals surface area (Å²) < 4.78 is 44.6. The van der Waals surface area contributed by atoms with Gasteiger partial charge >= 0.3 is 5.97 Å². The Labute approximate surface area is 195 Å². The number of nitrogen functional groups attached to an aromatic ring is 1. The van der Waals surface area contributed by atoms with Crippen molar-refractivity contribution in [1.29, 1.82) is 0 Å². The van der Waals surface area contributed by atoms with Gasteiger partial charge in [-0.05, 0) is 24.8 Å². The first-order valence-corrected chi connectivity index (χ1v) is 10.8. The summed E-state index contributed by atoms with van der Waals surface area (Å²) in [5.74, 6) is -6.06. The van der Waals surface area contributed by atoms with Gasteiger partial charge in [0, 0.05) is 31.3 Å². The van der Waals surface area contributed by atoms with Crippen molar-refractivity contribution in [2.24, 2.45) is 11.8 Å². The second-order valence-corrected chi connectivity index (χ2v) is 8.98. The molecule has 3 aromatic rings. The molecule has 0 unspecified atom stereocenters. The monoisotopic (exact) mass is 494 g/mol. The Morgan fingerprint density at radius 1 is 1.15 bits per heavy atom. The molecule has 2 aliphatic rings. The molecule has 1 saturated carbocycles. The van der Waals surface area contributed by atoms with Crippen LogP contribution in [0.25, 0.3) is 16.7 Å².